The summed E-state index contributed by atoms with van der Waals surface area (Å²) in [5.41, 5.74) is -1.01. The van der Waals surface area contributed by atoms with Crippen LogP contribution < -0.4 is 10.1 Å². The summed E-state index contributed by atoms with van der Waals surface area (Å²) in [6.07, 6.45) is 0. The van der Waals surface area contributed by atoms with E-state index in [1.807, 2.05) is 0 Å². The number of rotatable bonds is 6. The number of nitro benzene ring substituents is 1. The van der Waals surface area contributed by atoms with E-state index < -0.39 is 40.5 Å². The van der Waals surface area contributed by atoms with Gasteiger partial charge in [0.15, 0.2) is 6.61 Å². The van der Waals surface area contributed by atoms with E-state index in [4.69, 9.17) is 21.1 Å². The maximum atomic E-state index is 13.6. The predicted octanol–water partition coefficient (Wildman–Crippen LogP) is 3.19. The van der Waals surface area contributed by atoms with Gasteiger partial charge in [0.2, 0.25) is 0 Å². The fraction of sp³-hybridized carbons (Fsp3) is 0.125. The molecule has 2 rings (SSSR count). The maximum Gasteiger partial charge on any atom is 0.343 e. The number of nitrogens with one attached hydrogen (secondary N) is 1. The second-order valence-corrected chi connectivity index (χ2v) is 5.27. The zero-order chi connectivity index (χ0) is 19.3. The van der Waals surface area contributed by atoms with Gasteiger partial charge in [0.25, 0.3) is 11.6 Å². The first-order valence-corrected chi connectivity index (χ1v) is 7.44. The Morgan fingerprint density at radius 1 is 1.31 bits per heavy atom. The molecule has 0 saturated carbocycles. The van der Waals surface area contributed by atoms with Crippen LogP contribution in [0.3, 0.4) is 0 Å². The first-order valence-electron chi connectivity index (χ1n) is 7.07. The van der Waals surface area contributed by atoms with Gasteiger partial charge in [-0.2, -0.15) is 0 Å². The molecule has 0 spiro atoms. The van der Waals surface area contributed by atoms with E-state index in [-0.39, 0.29) is 16.5 Å². The third kappa shape index (κ3) is 4.45. The van der Waals surface area contributed by atoms with Crippen LogP contribution in [0.5, 0.6) is 5.75 Å². The Hall–Kier alpha value is -3.20. The molecule has 2 aromatic rings. The topological polar surface area (TPSA) is 108 Å². The summed E-state index contributed by atoms with van der Waals surface area (Å²) in [4.78, 5) is 34.1. The molecule has 1 amide bonds. The van der Waals surface area contributed by atoms with Crippen molar-refractivity contribution >= 4 is 34.9 Å². The second-order valence-electron chi connectivity index (χ2n) is 4.86. The van der Waals surface area contributed by atoms with Gasteiger partial charge < -0.3 is 14.8 Å². The molecule has 1 N–H and O–H groups in total. The minimum atomic E-state index is -1.13. The van der Waals surface area contributed by atoms with Crippen molar-refractivity contribution in [1.29, 1.82) is 0 Å². The van der Waals surface area contributed by atoms with Crippen molar-refractivity contribution in [3.05, 3.63) is 62.9 Å². The normalized spacial score (nSPS) is 10.1. The van der Waals surface area contributed by atoms with Crippen molar-refractivity contribution < 1.29 is 28.4 Å². The van der Waals surface area contributed by atoms with Crippen LogP contribution in [0.4, 0.5) is 15.8 Å². The maximum absolute atomic E-state index is 13.6. The number of nitro groups is 1. The Morgan fingerprint density at radius 3 is 2.65 bits per heavy atom. The molecule has 0 aliphatic heterocycles. The summed E-state index contributed by atoms with van der Waals surface area (Å²) < 4.78 is 23.2. The summed E-state index contributed by atoms with van der Waals surface area (Å²) >= 11 is 5.73. The quantitative estimate of drug-likeness (QED) is 0.467. The summed E-state index contributed by atoms with van der Waals surface area (Å²) in [6.45, 7) is -0.785. The lowest BCUT2D eigenvalue weighted by Crippen LogP contribution is -2.22. The molecule has 2 aromatic carbocycles. The van der Waals surface area contributed by atoms with Crippen LogP contribution in [0.1, 0.15) is 10.4 Å². The van der Waals surface area contributed by atoms with Crippen molar-refractivity contribution in [3.8, 4) is 5.75 Å². The monoisotopic (exact) mass is 382 g/mol. The third-order valence-corrected chi connectivity index (χ3v) is 3.49. The van der Waals surface area contributed by atoms with Gasteiger partial charge in [-0.05, 0) is 24.3 Å². The van der Waals surface area contributed by atoms with Crippen LogP contribution in [0, 0.1) is 15.9 Å². The minimum Gasteiger partial charge on any atom is -0.496 e. The molecule has 0 radical (unpaired) electrons. The molecular weight excluding hydrogens is 371 g/mol. The molecule has 0 aliphatic rings. The van der Waals surface area contributed by atoms with Gasteiger partial charge in [-0.15, -0.1) is 0 Å². The number of carbonyl (C=O) groups is 2. The molecule has 0 fully saturated rings. The van der Waals surface area contributed by atoms with E-state index in [9.17, 15) is 24.1 Å². The summed E-state index contributed by atoms with van der Waals surface area (Å²) in [5, 5.41) is 13.1. The average Bonchev–Trinajstić information content (AvgIpc) is 2.60. The molecule has 26 heavy (non-hydrogen) atoms. The number of anilines is 1. The van der Waals surface area contributed by atoms with E-state index >= 15 is 0 Å². The number of esters is 1. The SMILES string of the molecule is COc1ccc(NC(=O)COC(=O)c2c(F)cccc2Cl)c([N+](=O)[O-])c1. The van der Waals surface area contributed by atoms with Gasteiger partial charge >= 0.3 is 5.97 Å². The number of hydrogen-bond donors (Lipinski definition) is 1. The third-order valence-electron chi connectivity index (χ3n) is 3.18. The molecule has 136 valence electrons. The largest absolute Gasteiger partial charge is 0.496 e. The lowest BCUT2D eigenvalue weighted by atomic mass is 10.2. The van der Waals surface area contributed by atoms with Gasteiger partial charge in [-0.1, -0.05) is 17.7 Å². The Bertz CT molecular complexity index is 854. The van der Waals surface area contributed by atoms with Crippen molar-refractivity contribution in [2.75, 3.05) is 19.0 Å². The van der Waals surface area contributed by atoms with E-state index in [2.05, 4.69) is 5.32 Å². The van der Waals surface area contributed by atoms with Gasteiger partial charge in [-0.25, -0.2) is 9.18 Å². The van der Waals surface area contributed by atoms with Gasteiger partial charge in [0.05, 0.1) is 23.1 Å². The fourth-order valence-corrected chi connectivity index (χ4v) is 2.22. The molecular formula is C16H12ClFN2O6. The van der Waals surface area contributed by atoms with Crippen molar-refractivity contribution in [1.82, 2.24) is 0 Å². The van der Waals surface area contributed by atoms with E-state index in [0.29, 0.717) is 0 Å². The van der Waals surface area contributed by atoms with Crippen LogP contribution in [-0.2, 0) is 9.53 Å². The molecule has 10 heteroatoms. The Kier molecular flexibility index (Phi) is 6.07. The summed E-state index contributed by atoms with van der Waals surface area (Å²) in [6, 6.07) is 7.42. The summed E-state index contributed by atoms with van der Waals surface area (Å²) in [5.74, 6) is -2.64. The smallest absolute Gasteiger partial charge is 0.343 e. The Labute approximate surface area is 151 Å². The minimum absolute atomic E-state index is 0.110. The molecule has 0 heterocycles. The molecule has 0 aliphatic carbocycles. The molecule has 0 unspecified atom stereocenters. The number of halogens is 2. The molecule has 0 atom stereocenters. The lowest BCUT2D eigenvalue weighted by molar-refractivity contribution is -0.384. The van der Waals surface area contributed by atoms with E-state index in [1.165, 1.54) is 31.4 Å². The highest BCUT2D eigenvalue weighted by atomic mass is 35.5. The van der Waals surface area contributed by atoms with Gasteiger partial charge in [0, 0.05) is 0 Å². The highest BCUT2D eigenvalue weighted by molar-refractivity contribution is 6.33. The highest BCUT2D eigenvalue weighted by Gasteiger charge is 2.20. The number of ether oxygens (including phenoxy) is 2. The van der Waals surface area contributed by atoms with Crippen molar-refractivity contribution in [2.24, 2.45) is 0 Å². The number of methoxy groups -OCH3 is 1. The molecule has 0 saturated heterocycles. The number of carbonyl (C=O) groups excluding carboxylic acids is 2. The van der Waals surface area contributed by atoms with Crippen LogP contribution >= 0.6 is 11.6 Å². The molecule has 0 bridgehead atoms. The predicted molar refractivity (Wildman–Crippen MR) is 90.0 cm³/mol. The first kappa shape index (κ1) is 19.1. The zero-order valence-corrected chi connectivity index (χ0v) is 14.1. The van der Waals surface area contributed by atoms with E-state index in [1.54, 1.807) is 0 Å². The van der Waals surface area contributed by atoms with Crippen LogP contribution in [-0.4, -0.2) is 30.5 Å². The molecule has 8 nitrogen and oxygen atoms in total. The molecule has 0 aromatic heterocycles. The van der Waals surface area contributed by atoms with Gasteiger partial charge in [0.1, 0.15) is 22.8 Å². The highest BCUT2D eigenvalue weighted by Crippen LogP contribution is 2.29. The number of nitrogens with zero attached hydrogens (tertiary/aromatic N) is 1. The van der Waals surface area contributed by atoms with Crippen LogP contribution in [0.2, 0.25) is 5.02 Å². The average molecular weight is 383 g/mol. The fourth-order valence-electron chi connectivity index (χ4n) is 1.98. The van der Waals surface area contributed by atoms with Crippen LogP contribution in [0.25, 0.3) is 0 Å². The zero-order valence-electron chi connectivity index (χ0n) is 13.3. The first-order chi connectivity index (χ1) is 12.3. The number of benzene rings is 2. The van der Waals surface area contributed by atoms with Crippen molar-refractivity contribution in [2.45, 2.75) is 0 Å². The Balaban J connectivity index is 2.06. The number of amides is 1. The second kappa shape index (κ2) is 8.26. The number of hydrogen-bond acceptors (Lipinski definition) is 6. The van der Waals surface area contributed by atoms with Crippen LogP contribution in [0.15, 0.2) is 36.4 Å². The van der Waals surface area contributed by atoms with Crippen molar-refractivity contribution in [3.63, 3.8) is 0 Å². The van der Waals surface area contributed by atoms with E-state index in [0.717, 1.165) is 12.1 Å². The summed E-state index contributed by atoms with van der Waals surface area (Å²) in [7, 11) is 1.34. The van der Waals surface area contributed by atoms with Gasteiger partial charge in [-0.3, -0.25) is 14.9 Å². The lowest BCUT2D eigenvalue weighted by Gasteiger charge is -2.09. The Morgan fingerprint density at radius 2 is 2.04 bits per heavy atom. The standard InChI is InChI=1S/C16H12ClFN2O6/c1-25-9-5-6-12(13(7-9)20(23)24)19-14(21)8-26-16(22)15-10(17)3-2-4-11(15)18/h2-7H,8H2,1H3,(H,19,21).